The van der Waals surface area contributed by atoms with Crippen molar-refractivity contribution in [3.63, 3.8) is 0 Å². The highest BCUT2D eigenvalue weighted by Crippen LogP contribution is 2.34. The molecule has 3 heterocycles. The van der Waals surface area contributed by atoms with Gasteiger partial charge in [0.2, 0.25) is 0 Å². The summed E-state index contributed by atoms with van der Waals surface area (Å²) in [5.41, 5.74) is 3.60. The molecule has 21 heavy (non-hydrogen) atoms. The molecule has 0 N–H and O–H groups in total. The lowest BCUT2D eigenvalue weighted by molar-refractivity contribution is 0.0593. The van der Waals surface area contributed by atoms with E-state index in [-0.39, 0.29) is 0 Å². The fraction of sp³-hybridized carbons (Fsp3) is 0.250. The number of fused-ring (bicyclic) bond motifs is 3. The van der Waals surface area contributed by atoms with E-state index in [1.54, 1.807) is 0 Å². The zero-order valence-electron chi connectivity index (χ0n) is 12.0. The normalized spacial score (nSPS) is 14.8. The predicted octanol–water partition coefficient (Wildman–Crippen LogP) is 2.38. The van der Waals surface area contributed by atoms with Gasteiger partial charge < -0.3 is 9.30 Å². The van der Waals surface area contributed by atoms with Crippen LogP contribution in [-0.4, -0.2) is 34.6 Å². The third-order valence-corrected chi connectivity index (χ3v) is 4.02. The van der Waals surface area contributed by atoms with Crippen molar-refractivity contribution in [2.24, 2.45) is 0 Å². The van der Waals surface area contributed by atoms with Crippen LogP contribution in [0.25, 0.3) is 21.8 Å². The summed E-state index contributed by atoms with van der Waals surface area (Å²) in [5, 5.41) is 2.22. The molecule has 0 unspecified atom stereocenters. The molecule has 0 fully saturated rings. The number of hydrogen-bond donors (Lipinski definition) is 0. The van der Waals surface area contributed by atoms with E-state index < -0.39 is 5.97 Å². The van der Waals surface area contributed by atoms with Gasteiger partial charge in [0.15, 0.2) is 0 Å². The van der Waals surface area contributed by atoms with Crippen LogP contribution in [0.15, 0.2) is 30.3 Å². The summed E-state index contributed by atoms with van der Waals surface area (Å²) >= 11 is 0. The minimum absolute atomic E-state index is 0.373. The van der Waals surface area contributed by atoms with Crippen molar-refractivity contribution < 1.29 is 9.53 Å². The molecule has 1 aromatic carbocycles. The van der Waals surface area contributed by atoms with Crippen LogP contribution in [0.4, 0.5) is 0 Å². The molecule has 1 aliphatic rings. The first-order valence-corrected chi connectivity index (χ1v) is 6.87. The van der Waals surface area contributed by atoms with Crippen molar-refractivity contribution in [3.05, 3.63) is 41.7 Å². The van der Waals surface area contributed by atoms with Gasteiger partial charge in [-0.05, 0) is 19.2 Å². The van der Waals surface area contributed by atoms with Gasteiger partial charge in [0.25, 0.3) is 0 Å². The maximum absolute atomic E-state index is 11.9. The lowest BCUT2D eigenvalue weighted by Gasteiger charge is -2.25. The van der Waals surface area contributed by atoms with Crippen molar-refractivity contribution in [1.82, 2.24) is 14.5 Å². The largest absolute Gasteiger partial charge is 0.464 e. The summed E-state index contributed by atoms with van der Waals surface area (Å²) in [6, 6.07) is 10.1. The van der Waals surface area contributed by atoms with Gasteiger partial charge in [-0.15, -0.1) is 0 Å². The number of ether oxygens (including phenoxy) is 1. The smallest absolute Gasteiger partial charge is 0.356 e. The summed E-state index contributed by atoms with van der Waals surface area (Å²) in [6.07, 6.45) is 0. The van der Waals surface area contributed by atoms with Crippen LogP contribution in [0.2, 0.25) is 0 Å². The Kier molecular flexibility index (Phi) is 2.53. The van der Waals surface area contributed by atoms with Crippen molar-refractivity contribution in [2.45, 2.75) is 13.2 Å². The topological polar surface area (TPSA) is 47.4 Å². The van der Waals surface area contributed by atoms with E-state index >= 15 is 0 Å². The van der Waals surface area contributed by atoms with E-state index in [0.29, 0.717) is 5.69 Å². The summed E-state index contributed by atoms with van der Waals surface area (Å²) in [7, 11) is 3.44. The minimum Gasteiger partial charge on any atom is -0.464 e. The molecule has 2 aromatic heterocycles. The van der Waals surface area contributed by atoms with E-state index in [4.69, 9.17) is 4.74 Å². The summed E-state index contributed by atoms with van der Waals surface area (Å²) in [4.78, 5) is 18.6. The van der Waals surface area contributed by atoms with Gasteiger partial charge in [-0.1, -0.05) is 18.2 Å². The Morgan fingerprint density at radius 2 is 2.10 bits per heavy atom. The van der Waals surface area contributed by atoms with E-state index in [9.17, 15) is 4.79 Å². The molecule has 0 radical (unpaired) electrons. The van der Waals surface area contributed by atoms with Gasteiger partial charge in [0, 0.05) is 17.3 Å². The van der Waals surface area contributed by atoms with Gasteiger partial charge in [-0.2, -0.15) is 0 Å². The fourth-order valence-electron chi connectivity index (χ4n) is 3.17. The van der Waals surface area contributed by atoms with Gasteiger partial charge >= 0.3 is 5.97 Å². The van der Waals surface area contributed by atoms with Crippen molar-refractivity contribution in [1.29, 1.82) is 0 Å². The monoisotopic (exact) mass is 281 g/mol. The average molecular weight is 281 g/mol. The lowest BCUT2D eigenvalue weighted by Crippen LogP contribution is -2.27. The Morgan fingerprint density at radius 3 is 2.90 bits per heavy atom. The highest BCUT2D eigenvalue weighted by Gasteiger charge is 2.23. The summed E-state index contributed by atoms with van der Waals surface area (Å²) < 4.78 is 7.09. The van der Waals surface area contributed by atoms with Crippen LogP contribution < -0.4 is 0 Å². The number of carbonyl (C=O) groups excluding carboxylic acids is 1. The van der Waals surface area contributed by atoms with Crippen LogP contribution in [0.1, 0.15) is 16.2 Å². The molecule has 0 atom stereocenters. The standard InChI is InChI=1S/C16H15N3O2/c1-18-8-13-15-11(7-12(17-13)16(20)21-2)10-5-3-4-6-14(10)19(15)9-18/h3-7H,8-9H2,1-2H3. The first kappa shape index (κ1) is 12.3. The van der Waals surface area contributed by atoms with Crippen molar-refractivity contribution in [3.8, 4) is 0 Å². The molecular weight excluding hydrogens is 266 g/mol. The average Bonchev–Trinajstić information content (AvgIpc) is 2.82. The Hall–Kier alpha value is -2.40. The van der Waals surface area contributed by atoms with Crippen LogP contribution in [0.3, 0.4) is 0 Å². The fourth-order valence-corrected chi connectivity index (χ4v) is 3.17. The Morgan fingerprint density at radius 1 is 1.29 bits per heavy atom. The third kappa shape index (κ3) is 1.67. The molecule has 0 spiro atoms. The second-order valence-electron chi connectivity index (χ2n) is 5.44. The number of para-hydroxylation sites is 1. The van der Waals surface area contributed by atoms with E-state index in [0.717, 1.165) is 35.2 Å². The number of methoxy groups -OCH3 is 1. The molecule has 0 aliphatic carbocycles. The summed E-state index contributed by atoms with van der Waals surface area (Å²) in [6.45, 7) is 1.56. The highest BCUT2D eigenvalue weighted by atomic mass is 16.5. The number of aromatic nitrogens is 2. The minimum atomic E-state index is -0.391. The van der Waals surface area contributed by atoms with Gasteiger partial charge in [0.1, 0.15) is 5.69 Å². The predicted molar refractivity (Wildman–Crippen MR) is 80.0 cm³/mol. The Labute approximate surface area is 121 Å². The summed E-state index contributed by atoms with van der Waals surface area (Å²) in [5.74, 6) is -0.391. The van der Waals surface area contributed by atoms with E-state index in [2.05, 4.69) is 33.6 Å². The number of nitrogens with zero attached hydrogens (tertiary/aromatic N) is 3. The molecular formula is C16H15N3O2. The molecule has 1 aliphatic heterocycles. The zero-order valence-corrected chi connectivity index (χ0v) is 12.0. The molecule has 0 bridgehead atoms. The van der Waals surface area contributed by atoms with Crippen LogP contribution in [0.5, 0.6) is 0 Å². The number of carbonyl (C=O) groups is 1. The van der Waals surface area contributed by atoms with Crippen LogP contribution >= 0.6 is 0 Å². The number of esters is 1. The van der Waals surface area contributed by atoms with Gasteiger partial charge in [0.05, 0.1) is 30.5 Å². The lowest BCUT2D eigenvalue weighted by atomic mass is 10.1. The maximum Gasteiger partial charge on any atom is 0.356 e. The van der Waals surface area contributed by atoms with Crippen molar-refractivity contribution in [2.75, 3.05) is 14.2 Å². The third-order valence-electron chi connectivity index (χ3n) is 4.02. The molecule has 4 rings (SSSR count). The zero-order chi connectivity index (χ0) is 14.6. The first-order valence-electron chi connectivity index (χ1n) is 6.87. The van der Waals surface area contributed by atoms with Crippen molar-refractivity contribution >= 4 is 27.8 Å². The Balaban J connectivity index is 2.15. The highest BCUT2D eigenvalue weighted by molar-refractivity contribution is 6.10. The number of hydrogen-bond acceptors (Lipinski definition) is 4. The molecule has 5 nitrogen and oxygen atoms in total. The second kappa shape index (κ2) is 4.30. The van der Waals surface area contributed by atoms with Crippen LogP contribution in [-0.2, 0) is 18.0 Å². The van der Waals surface area contributed by atoms with E-state index in [1.165, 1.54) is 12.6 Å². The van der Waals surface area contributed by atoms with E-state index in [1.807, 2.05) is 18.2 Å². The molecule has 5 heteroatoms. The molecule has 0 saturated carbocycles. The van der Waals surface area contributed by atoms with Crippen LogP contribution in [0, 0.1) is 0 Å². The molecule has 0 saturated heterocycles. The quantitative estimate of drug-likeness (QED) is 0.643. The van der Waals surface area contributed by atoms with Gasteiger partial charge in [-0.3, -0.25) is 4.90 Å². The number of benzene rings is 1. The SMILES string of the molecule is COC(=O)c1cc2c3ccccc3n3c2c(n1)CN(C)C3. The number of rotatable bonds is 1. The number of pyridine rings is 1. The molecule has 0 amide bonds. The molecule has 106 valence electrons. The maximum atomic E-state index is 11.9. The Bertz CT molecular complexity index is 882. The molecule has 3 aromatic rings. The first-order chi connectivity index (χ1) is 10.2. The van der Waals surface area contributed by atoms with Gasteiger partial charge in [-0.25, -0.2) is 9.78 Å². The second-order valence-corrected chi connectivity index (χ2v) is 5.44.